The van der Waals surface area contributed by atoms with E-state index in [-0.39, 0.29) is 0 Å². The van der Waals surface area contributed by atoms with Crippen molar-refractivity contribution < 1.29 is 9.90 Å². The van der Waals surface area contributed by atoms with Crippen LogP contribution in [0.25, 0.3) is 0 Å². The molecule has 0 radical (unpaired) electrons. The van der Waals surface area contributed by atoms with E-state index >= 15 is 0 Å². The van der Waals surface area contributed by atoms with Gasteiger partial charge >= 0.3 is 5.97 Å². The van der Waals surface area contributed by atoms with E-state index in [0.29, 0.717) is 0 Å². The maximum Gasteiger partial charge on any atom is 0.314 e. The molecule has 0 atom stereocenters. The van der Waals surface area contributed by atoms with Crippen LogP contribution in [-0.2, 0) is 16.8 Å². The Balaban J connectivity index is 1.84. The van der Waals surface area contributed by atoms with Crippen LogP contribution in [0.2, 0.25) is 0 Å². The predicted octanol–water partition coefficient (Wildman–Crippen LogP) is 3.18. The van der Waals surface area contributed by atoms with Gasteiger partial charge in [-0.15, -0.1) is 0 Å². The number of hydrogen-bond acceptors (Lipinski definition) is 2. The van der Waals surface area contributed by atoms with Gasteiger partial charge < -0.3 is 5.11 Å². The van der Waals surface area contributed by atoms with Gasteiger partial charge in [-0.05, 0) is 49.9 Å². The summed E-state index contributed by atoms with van der Waals surface area (Å²) in [4.78, 5) is 14.2. The van der Waals surface area contributed by atoms with E-state index in [4.69, 9.17) is 0 Å². The van der Waals surface area contributed by atoms with E-state index < -0.39 is 11.4 Å². The predicted molar refractivity (Wildman–Crippen MR) is 78.7 cm³/mol. The van der Waals surface area contributed by atoms with Crippen molar-refractivity contribution >= 4 is 5.97 Å². The number of carboxylic acids is 1. The Morgan fingerprint density at radius 2 is 1.85 bits per heavy atom. The minimum absolute atomic E-state index is 0.624. The molecule has 108 valence electrons. The molecule has 0 bridgehead atoms. The third kappa shape index (κ3) is 2.47. The molecule has 20 heavy (non-hydrogen) atoms. The number of carbonyl (C=O) groups is 1. The van der Waals surface area contributed by atoms with Crippen LogP contribution in [-0.4, -0.2) is 29.1 Å². The number of hydrogen-bond donors (Lipinski definition) is 1. The average molecular weight is 273 g/mol. The number of aliphatic carboxylic acids is 1. The Bertz CT molecular complexity index is 486. The highest BCUT2D eigenvalue weighted by Crippen LogP contribution is 2.41. The smallest absolute Gasteiger partial charge is 0.314 e. The Hall–Kier alpha value is -1.35. The monoisotopic (exact) mass is 273 g/mol. The second-order valence-electron chi connectivity index (χ2n) is 6.28. The van der Waals surface area contributed by atoms with Gasteiger partial charge in [0.05, 0.1) is 5.41 Å². The molecule has 0 unspecified atom stereocenters. The van der Waals surface area contributed by atoms with Crippen LogP contribution < -0.4 is 0 Å². The van der Waals surface area contributed by atoms with Gasteiger partial charge in [-0.2, -0.15) is 0 Å². The molecular formula is C17H23NO2. The summed E-state index contributed by atoms with van der Waals surface area (Å²) in [5.41, 5.74) is 1.65. The standard InChI is InChI=1S/C17H23NO2/c19-16(20)17(8-1-2-9-17)15-7-5-6-14(12-15)13-18-10-3-4-11-18/h5-7,12H,1-4,8-11,13H2,(H,19,20). The molecule has 1 aromatic carbocycles. The number of benzene rings is 1. The molecule has 0 spiro atoms. The molecule has 1 aromatic rings. The van der Waals surface area contributed by atoms with E-state index in [0.717, 1.165) is 37.8 Å². The lowest BCUT2D eigenvalue weighted by Gasteiger charge is -2.25. The molecule has 0 aromatic heterocycles. The molecule has 3 nitrogen and oxygen atoms in total. The summed E-state index contributed by atoms with van der Waals surface area (Å²) < 4.78 is 0. The third-order valence-corrected chi connectivity index (χ3v) is 4.95. The second-order valence-corrected chi connectivity index (χ2v) is 6.28. The number of carboxylic acid groups (broad SMARTS) is 1. The number of rotatable bonds is 4. The summed E-state index contributed by atoms with van der Waals surface area (Å²) in [7, 11) is 0. The van der Waals surface area contributed by atoms with E-state index in [2.05, 4.69) is 17.0 Å². The lowest BCUT2D eigenvalue weighted by Crippen LogP contribution is -2.32. The average Bonchev–Trinajstić information content (AvgIpc) is 3.10. The van der Waals surface area contributed by atoms with Crippen molar-refractivity contribution in [3.63, 3.8) is 0 Å². The summed E-state index contributed by atoms with van der Waals surface area (Å²) in [6.07, 6.45) is 6.22. The van der Waals surface area contributed by atoms with Gasteiger partial charge in [-0.25, -0.2) is 0 Å². The summed E-state index contributed by atoms with van der Waals surface area (Å²) >= 11 is 0. The SMILES string of the molecule is O=C(O)C1(c2cccc(CN3CCCC3)c2)CCCC1. The quantitative estimate of drug-likeness (QED) is 0.916. The Kier molecular flexibility index (Phi) is 3.79. The first-order valence-electron chi connectivity index (χ1n) is 7.76. The molecule has 1 N–H and O–H groups in total. The molecule has 2 fully saturated rings. The summed E-state index contributed by atoms with van der Waals surface area (Å²) in [6, 6.07) is 8.31. The van der Waals surface area contributed by atoms with Crippen molar-refractivity contribution in [3.05, 3.63) is 35.4 Å². The minimum Gasteiger partial charge on any atom is -0.481 e. The van der Waals surface area contributed by atoms with Crippen LogP contribution in [0.3, 0.4) is 0 Å². The van der Waals surface area contributed by atoms with Crippen molar-refractivity contribution in [2.45, 2.75) is 50.5 Å². The number of nitrogens with zero attached hydrogens (tertiary/aromatic N) is 1. The minimum atomic E-state index is -0.645. The first-order valence-corrected chi connectivity index (χ1v) is 7.76. The van der Waals surface area contributed by atoms with Crippen molar-refractivity contribution in [2.75, 3.05) is 13.1 Å². The Labute approximate surface area is 120 Å². The molecule has 2 aliphatic rings. The van der Waals surface area contributed by atoms with Crippen LogP contribution in [0, 0.1) is 0 Å². The van der Waals surface area contributed by atoms with Crippen LogP contribution in [0.4, 0.5) is 0 Å². The highest BCUT2D eigenvalue weighted by Gasteiger charge is 2.42. The molecule has 1 heterocycles. The summed E-state index contributed by atoms with van der Waals surface area (Å²) in [5, 5.41) is 9.68. The Morgan fingerprint density at radius 1 is 1.15 bits per heavy atom. The molecule has 3 heteroatoms. The molecule has 3 rings (SSSR count). The van der Waals surface area contributed by atoms with Gasteiger partial charge in [-0.3, -0.25) is 9.69 Å². The molecule has 1 saturated heterocycles. The summed E-state index contributed by atoms with van der Waals surface area (Å²) in [6.45, 7) is 3.31. The first-order chi connectivity index (χ1) is 9.71. The normalized spacial score (nSPS) is 22.2. The van der Waals surface area contributed by atoms with Gasteiger partial charge in [0.2, 0.25) is 0 Å². The largest absolute Gasteiger partial charge is 0.481 e. The van der Waals surface area contributed by atoms with E-state index in [1.807, 2.05) is 12.1 Å². The molecule has 1 aliphatic heterocycles. The lowest BCUT2D eigenvalue weighted by atomic mass is 9.78. The van der Waals surface area contributed by atoms with Crippen LogP contribution in [0.15, 0.2) is 24.3 Å². The highest BCUT2D eigenvalue weighted by atomic mass is 16.4. The zero-order chi connectivity index (χ0) is 14.0. The fourth-order valence-corrected chi connectivity index (χ4v) is 3.77. The van der Waals surface area contributed by atoms with Crippen molar-refractivity contribution in [2.24, 2.45) is 0 Å². The molecule has 1 saturated carbocycles. The van der Waals surface area contributed by atoms with Gasteiger partial charge in [-0.1, -0.05) is 37.1 Å². The second kappa shape index (κ2) is 5.57. The van der Waals surface area contributed by atoms with Gasteiger partial charge in [0.15, 0.2) is 0 Å². The Morgan fingerprint density at radius 3 is 2.50 bits per heavy atom. The zero-order valence-corrected chi connectivity index (χ0v) is 12.0. The zero-order valence-electron chi connectivity index (χ0n) is 12.0. The summed E-state index contributed by atoms with van der Waals surface area (Å²) in [5.74, 6) is -0.645. The fourth-order valence-electron chi connectivity index (χ4n) is 3.77. The van der Waals surface area contributed by atoms with E-state index in [1.54, 1.807) is 0 Å². The van der Waals surface area contributed by atoms with Crippen molar-refractivity contribution in [1.82, 2.24) is 4.90 Å². The van der Waals surface area contributed by atoms with Crippen LogP contribution in [0.1, 0.15) is 49.7 Å². The van der Waals surface area contributed by atoms with E-state index in [9.17, 15) is 9.90 Å². The topological polar surface area (TPSA) is 40.5 Å². The van der Waals surface area contributed by atoms with E-state index in [1.165, 1.54) is 31.5 Å². The third-order valence-electron chi connectivity index (χ3n) is 4.95. The molecular weight excluding hydrogens is 250 g/mol. The van der Waals surface area contributed by atoms with Crippen molar-refractivity contribution in [1.29, 1.82) is 0 Å². The molecule has 0 amide bonds. The van der Waals surface area contributed by atoms with Crippen molar-refractivity contribution in [3.8, 4) is 0 Å². The van der Waals surface area contributed by atoms with Crippen LogP contribution in [0.5, 0.6) is 0 Å². The lowest BCUT2D eigenvalue weighted by molar-refractivity contribution is -0.143. The highest BCUT2D eigenvalue weighted by molar-refractivity contribution is 5.81. The van der Waals surface area contributed by atoms with Gasteiger partial charge in [0.1, 0.15) is 0 Å². The maximum atomic E-state index is 11.8. The van der Waals surface area contributed by atoms with Gasteiger partial charge in [0, 0.05) is 6.54 Å². The number of likely N-dealkylation sites (tertiary alicyclic amines) is 1. The maximum absolute atomic E-state index is 11.8. The van der Waals surface area contributed by atoms with Crippen LogP contribution >= 0.6 is 0 Å². The molecule has 1 aliphatic carbocycles. The fraction of sp³-hybridized carbons (Fsp3) is 0.588. The van der Waals surface area contributed by atoms with Gasteiger partial charge in [0.25, 0.3) is 0 Å². The first kappa shape index (κ1) is 13.6.